The summed E-state index contributed by atoms with van der Waals surface area (Å²) in [6, 6.07) is 27.5. The molecule has 5 aromatic rings. The summed E-state index contributed by atoms with van der Waals surface area (Å²) in [4.78, 5) is 32.2. The number of hydrogen-bond donors (Lipinski definition) is 4. The molecule has 50 heavy (non-hydrogen) atoms. The molecule has 0 radical (unpaired) electrons. The number of hydrazone groups is 2. The van der Waals surface area contributed by atoms with Crippen LogP contribution in [0.4, 0.5) is 47.1 Å². The molecule has 0 saturated carbocycles. The van der Waals surface area contributed by atoms with Crippen LogP contribution in [0.3, 0.4) is 0 Å². The summed E-state index contributed by atoms with van der Waals surface area (Å²) in [7, 11) is 0. The molecule has 4 N–H and O–H groups in total. The van der Waals surface area contributed by atoms with Crippen LogP contribution < -0.4 is 31.3 Å². The van der Waals surface area contributed by atoms with Crippen molar-refractivity contribution in [1.29, 1.82) is 0 Å². The third kappa shape index (κ3) is 9.04. The van der Waals surface area contributed by atoms with E-state index in [0.717, 1.165) is 74.4 Å². The van der Waals surface area contributed by atoms with Crippen LogP contribution in [-0.4, -0.2) is 68.5 Å². The standard InChI is InChI=1S/C36H40N14/c1-5-13-29(14-6-1)39-31-41-33(45-35(43-31)49-21-9-3-10-22-49)47-37-25-27-17-19-28(20-18-27)26-38-48-34-42-32(40-30-15-7-2-8-16-30)44-36(46-34)50-23-11-4-12-24-50/h1-2,5-8,13-20,25-26H,3-4,9-12,21-24H2,(H2,39,41,43,45,47)(H2,40,42,44,46,48)/b37-25-,38-26-. The molecule has 2 fully saturated rings. The van der Waals surface area contributed by atoms with Crippen LogP contribution in [0.1, 0.15) is 49.7 Å². The van der Waals surface area contributed by atoms with Crippen molar-refractivity contribution in [3.8, 4) is 0 Å². The van der Waals surface area contributed by atoms with Gasteiger partial charge in [0.05, 0.1) is 12.4 Å². The van der Waals surface area contributed by atoms with Gasteiger partial charge in [-0.2, -0.15) is 40.1 Å². The zero-order valence-electron chi connectivity index (χ0n) is 27.8. The second-order valence-corrected chi connectivity index (χ2v) is 12.0. The van der Waals surface area contributed by atoms with Crippen molar-refractivity contribution in [2.24, 2.45) is 10.2 Å². The van der Waals surface area contributed by atoms with E-state index in [1.165, 1.54) is 12.8 Å². The molecule has 14 nitrogen and oxygen atoms in total. The summed E-state index contributed by atoms with van der Waals surface area (Å²) in [5, 5.41) is 15.4. The summed E-state index contributed by atoms with van der Waals surface area (Å²) in [5.74, 6) is 2.94. The van der Waals surface area contributed by atoms with E-state index in [9.17, 15) is 0 Å². The highest BCUT2D eigenvalue weighted by atomic mass is 15.4. The molecule has 2 aromatic heterocycles. The molecular weight excluding hydrogens is 628 g/mol. The molecule has 0 atom stereocenters. The van der Waals surface area contributed by atoms with Crippen molar-refractivity contribution in [2.45, 2.75) is 38.5 Å². The van der Waals surface area contributed by atoms with Gasteiger partial charge < -0.3 is 20.4 Å². The smallest absolute Gasteiger partial charge is 0.250 e. The molecule has 0 bridgehead atoms. The highest BCUT2D eigenvalue weighted by Crippen LogP contribution is 2.22. The highest BCUT2D eigenvalue weighted by molar-refractivity contribution is 5.84. The lowest BCUT2D eigenvalue weighted by Gasteiger charge is -2.26. The van der Waals surface area contributed by atoms with E-state index in [1.54, 1.807) is 12.4 Å². The van der Waals surface area contributed by atoms with Crippen LogP contribution in [0, 0.1) is 0 Å². The van der Waals surface area contributed by atoms with E-state index in [2.05, 4.69) is 71.4 Å². The van der Waals surface area contributed by atoms with Gasteiger partial charge in [0.1, 0.15) is 0 Å². The Bertz CT molecular complexity index is 1730. The Morgan fingerprint density at radius 2 is 0.820 bits per heavy atom. The minimum absolute atomic E-state index is 0.369. The summed E-state index contributed by atoms with van der Waals surface area (Å²) in [5.41, 5.74) is 9.58. The Balaban J connectivity index is 0.995. The van der Waals surface area contributed by atoms with Gasteiger partial charge in [-0.25, -0.2) is 10.9 Å². The fourth-order valence-electron chi connectivity index (χ4n) is 5.71. The predicted molar refractivity (Wildman–Crippen MR) is 200 cm³/mol. The van der Waals surface area contributed by atoms with Gasteiger partial charge >= 0.3 is 0 Å². The van der Waals surface area contributed by atoms with E-state index in [4.69, 9.17) is 0 Å². The quantitative estimate of drug-likeness (QED) is 0.0856. The molecule has 2 aliphatic rings. The van der Waals surface area contributed by atoms with Crippen molar-refractivity contribution in [1.82, 2.24) is 29.9 Å². The van der Waals surface area contributed by atoms with E-state index in [-0.39, 0.29) is 0 Å². The molecule has 0 spiro atoms. The maximum atomic E-state index is 4.69. The van der Waals surface area contributed by atoms with E-state index < -0.39 is 0 Å². The Labute approximate surface area is 291 Å². The number of nitrogens with one attached hydrogen (secondary N) is 4. The molecule has 14 heteroatoms. The average molecular weight is 669 g/mol. The number of anilines is 8. The number of para-hydroxylation sites is 2. The van der Waals surface area contributed by atoms with Crippen molar-refractivity contribution in [3.05, 3.63) is 96.1 Å². The molecule has 3 aromatic carbocycles. The van der Waals surface area contributed by atoms with Crippen molar-refractivity contribution < 1.29 is 0 Å². The van der Waals surface area contributed by atoms with Crippen LogP contribution in [-0.2, 0) is 0 Å². The summed E-state index contributed by atoms with van der Waals surface area (Å²) in [6.07, 6.45) is 10.4. The molecule has 2 aliphatic heterocycles. The molecule has 7 rings (SSSR count). The lowest BCUT2D eigenvalue weighted by atomic mass is 10.1. The van der Waals surface area contributed by atoms with Gasteiger partial charge in [0.25, 0.3) is 0 Å². The Morgan fingerprint density at radius 3 is 1.22 bits per heavy atom. The molecule has 2 saturated heterocycles. The van der Waals surface area contributed by atoms with Crippen molar-refractivity contribution >= 4 is 59.5 Å². The van der Waals surface area contributed by atoms with Gasteiger partial charge in [-0.05, 0) is 73.9 Å². The van der Waals surface area contributed by atoms with Gasteiger partial charge in [-0.3, -0.25) is 0 Å². The van der Waals surface area contributed by atoms with Crippen molar-refractivity contribution in [2.75, 3.05) is 57.5 Å². The SMILES string of the molecule is C(=N/Nc1nc(Nc2ccccc2)nc(N2CCCCC2)n1)/c1ccc(/C=N\Nc2nc(Nc3ccccc3)nc(N3CCCCC3)n2)cc1. The molecule has 4 heterocycles. The van der Waals surface area contributed by atoms with E-state index >= 15 is 0 Å². The highest BCUT2D eigenvalue weighted by Gasteiger charge is 2.18. The zero-order valence-corrected chi connectivity index (χ0v) is 27.8. The Morgan fingerprint density at radius 1 is 0.440 bits per heavy atom. The minimum Gasteiger partial charge on any atom is -0.341 e. The molecule has 0 unspecified atom stereocenters. The van der Waals surface area contributed by atoms with E-state index in [0.29, 0.717) is 35.7 Å². The van der Waals surface area contributed by atoms with Crippen LogP contribution >= 0.6 is 0 Å². The topological polar surface area (TPSA) is 157 Å². The van der Waals surface area contributed by atoms with Gasteiger partial charge in [0.15, 0.2) is 0 Å². The number of aromatic nitrogens is 6. The van der Waals surface area contributed by atoms with Gasteiger partial charge in [0.2, 0.25) is 35.7 Å². The Hall–Kier alpha value is -6.18. The predicted octanol–water partition coefficient (Wildman–Crippen LogP) is 6.42. The molecule has 0 aliphatic carbocycles. The van der Waals surface area contributed by atoms with E-state index in [1.807, 2.05) is 84.9 Å². The lowest BCUT2D eigenvalue weighted by molar-refractivity contribution is 0.568. The molecular formula is C36H40N14. The number of piperidine rings is 2. The van der Waals surface area contributed by atoms with Crippen LogP contribution in [0.2, 0.25) is 0 Å². The maximum absolute atomic E-state index is 4.69. The largest absolute Gasteiger partial charge is 0.341 e. The molecule has 254 valence electrons. The summed E-state index contributed by atoms with van der Waals surface area (Å²) < 4.78 is 0. The first kappa shape index (κ1) is 32.4. The normalized spacial score (nSPS) is 15.0. The second-order valence-electron chi connectivity index (χ2n) is 12.0. The van der Waals surface area contributed by atoms with Gasteiger partial charge in [-0.15, -0.1) is 0 Å². The third-order valence-electron chi connectivity index (χ3n) is 8.28. The first-order chi connectivity index (χ1) is 24.7. The van der Waals surface area contributed by atoms with Crippen molar-refractivity contribution in [3.63, 3.8) is 0 Å². The summed E-state index contributed by atoms with van der Waals surface area (Å²) >= 11 is 0. The van der Waals surface area contributed by atoms with Gasteiger partial charge in [-0.1, -0.05) is 60.7 Å². The maximum Gasteiger partial charge on any atom is 0.250 e. The number of rotatable bonds is 12. The average Bonchev–Trinajstić information content (AvgIpc) is 3.17. The number of nitrogens with zero attached hydrogens (tertiary/aromatic N) is 10. The first-order valence-electron chi connectivity index (χ1n) is 17.1. The third-order valence-corrected chi connectivity index (χ3v) is 8.28. The second kappa shape index (κ2) is 16.3. The monoisotopic (exact) mass is 668 g/mol. The number of hydrogen-bond acceptors (Lipinski definition) is 14. The summed E-state index contributed by atoms with van der Waals surface area (Å²) in [6.45, 7) is 3.68. The number of benzene rings is 3. The lowest BCUT2D eigenvalue weighted by Crippen LogP contribution is -2.31. The fraction of sp³-hybridized carbons (Fsp3) is 0.278. The first-order valence-corrected chi connectivity index (χ1v) is 17.1. The van der Waals surface area contributed by atoms with Crippen LogP contribution in [0.5, 0.6) is 0 Å². The van der Waals surface area contributed by atoms with Gasteiger partial charge in [0, 0.05) is 37.6 Å². The molecule has 0 amide bonds. The van der Waals surface area contributed by atoms with Crippen LogP contribution in [0.25, 0.3) is 0 Å². The van der Waals surface area contributed by atoms with Crippen LogP contribution in [0.15, 0.2) is 95.1 Å². The Kier molecular flexibility index (Phi) is 10.5. The zero-order chi connectivity index (χ0) is 33.8. The fourth-order valence-corrected chi connectivity index (χ4v) is 5.71. The minimum atomic E-state index is 0.369.